The van der Waals surface area contributed by atoms with Crippen LogP contribution < -0.4 is 13.8 Å². The highest BCUT2D eigenvalue weighted by Gasteiger charge is 2.34. The van der Waals surface area contributed by atoms with Crippen molar-refractivity contribution in [1.82, 2.24) is 0 Å². The molecule has 1 fully saturated rings. The molecule has 0 bridgehead atoms. The van der Waals surface area contributed by atoms with Crippen molar-refractivity contribution in [3.05, 3.63) is 63.0 Å². The highest BCUT2D eigenvalue weighted by Crippen LogP contribution is 2.38. The predicted molar refractivity (Wildman–Crippen MR) is 117 cm³/mol. The summed E-state index contributed by atoms with van der Waals surface area (Å²) in [5.41, 5.74) is 0.688. The number of carbonyl (C=O) groups excluding carboxylic acids is 1. The average molecular weight is 467 g/mol. The van der Waals surface area contributed by atoms with E-state index < -0.39 is 20.9 Å². The molecule has 0 aromatic heterocycles. The van der Waals surface area contributed by atoms with Crippen LogP contribution in [0.1, 0.15) is 5.56 Å². The molecule has 0 saturated carbocycles. The summed E-state index contributed by atoms with van der Waals surface area (Å²) >= 11 is 6.32. The van der Waals surface area contributed by atoms with Crippen LogP contribution in [0.2, 0.25) is 0 Å². The molecule has 1 heterocycles. The van der Waals surface area contributed by atoms with Gasteiger partial charge in [-0.25, -0.2) is 0 Å². The van der Waals surface area contributed by atoms with Crippen molar-refractivity contribution in [2.24, 2.45) is 0 Å². The summed E-state index contributed by atoms with van der Waals surface area (Å²) in [6.07, 6.45) is 2.48. The lowest BCUT2D eigenvalue weighted by atomic mass is 10.2. The third-order valence-corrected chi connectivity index (χ3v) is 5.60. The summed E-state index contributed by atoms with van der Waals surface area (Å²) in [4.78, 5) is 24.8. The van der Waals surface area contributed by atoms with E-state index in [1.165, 1.54) is 42.3 Å². The van der Waals surface area contributed by atoms with Crippen molar-refractivity contribution in [3.63, 3.8) is 0 Å². The molecule has 1 saturated heterocycles. The zero-order valence-electron chi connectivity index (χ0n) is 15.6. The molecule has 0 spiro atoms. The molecule has 0 N–H and O–H groups in total. The van der Waals surface area contributed by atoms with Crippen LogP contribution in [0, 0.1) is 10.1 Å². The molecule has 0 atom stereocenters. The van der Waals surface area contributed by atoms with Gasteiger partial charge in [0.15, 0.2) is 15.8 Å². The Morgan fingerprint density at radius 1 is 1.20 bits per heavy atom. The van der Waals surface area contributed by atoms with Crippen LogP contribution in [0.25, 0.3) is 6.08 Å². The number of non-ortho nitro benzene ring substituents is 1. The van der Waals surface area contributed by atoms with Gasteiger partial charge in [0, 0.05) is 12.1 Å². The van der Waals surface area contributed by atoms with Crippen LogP contribution in [0.5, 0.6) is 11.5 Å². The Kier molecular flexibility index (Phi) is 6.10. The monoisotopic (exact) mass is 466 g/mol. The van der Waals surface area contributed by atoms with Gasteiger partial charge >= 0.3 is 10.1 Å². The van der Waals surface area contributed by atoms with Crippen molar-refractivity contribution in [2.45, 2.75) is 0 Å². The first-order chi connectivity index (χ1) is 14.1. The molecule has 2 aromatic carbocycles. The van der Waals surface area contributed by atoms with Gasteiger partial charge in [-0.2, -0.15) is 8.42 Å². The lowest BCUT2D eigenvalue weighted by molar-refractivity contribution is -0.384. The average Bonchev–Trinajstić information content (AvgIpc) is 2.95. The standard InChI is InChI=1S/C18H14N2O7S3/c1-26-15-8-11(6-7-14(15)27-30(2,24)25)9-16-17(21)19(18(28)29-16)12-4-3-5-13(10-12)20(22)23/h3-10H,1-2H3/b16-9+. The molecule has 156 valence electrons. The maximum atomic E-state index is 12.9. The van der Waals surface area contributed by atoms with Crippen LogP contribution in [0.15, 0.2) is 47.4 Å². The second-order valence-electron chi connectivity index (χ2n) is 5.99. The minimum absolute atomic E-state index is 0.0151. The van der Waals surface area contributed by atoms with E-state index in [1.54, 1.807) is 18.2 Å². The van der Waals surface area contributed by atoms with Gasteiger partial charge < -0.3 is 8.92 Å². The number of anilines is 1. The first-order valence-corrected chi connectivity index (χ1v) is 11.2. The molecule has 3 rings (SSSR count). The number of rotatable bonds is 6. The number of nitro benzene ring substituents is 1. The summed E-state index contributed by atoms with van der Waals surface area (Å²) in [5, 5.41) is 11.0. The van der Waals surface area contributed by atoms with E-state index in [0.717, 1.165) is 18.0 Å². The molecule has 0 unspecified atom stereocenters. The van der Waals surface area contributed by atoms with Crippen LogP contribution in [-0.2, 0) is 14.9 Å². The summed E-state index contributed by atoms with van der Waals surface area (Å²) in [6, 6.07) is 10.1. The van der Waals surface area contributed by atoms with Crippen LogP contribution >= 0.6 is 24.0 Å². The van der Waals surface area contributed by atoms with Crippen LogP contribution in [0.4, 0.5) is 11.4 Å². The van der Waals surface area contributed by atoms with E-state index in [1.807, 2.05) is 0 Å². The van der Waals surface area contributed by atoms with Crippen molar-refractivity contribution >= 4 is 61.8 Å². The highest BCUT2D eigenvalue weighted by atomic mass is 32.2. The van der Waals surface area contributed by atoms with Crippen molar-refractivity contribution in [2.75, 3.05) is 18.3 Å². The smallest absolute Gasteiger partial charge is 0.306 e. The molecule has 1 aliphatic heterocycles. The summed E-state index contributed by atoms with van der Waals surface area (Å²) in [6.45, 7) is 0. The van der Waals surface area contributed by atoms with Crippen molar-refractivity contribution in [3.8, 4) is 11.5 Å². The number of benzene rings is 2. The van der Waals surface area contributed by atoms with Gasteiger partial charge in [0.25, 0.3) is 11.6 Å². The number of thiocarbonyl (C=S) groups is 1. The lowest BCUT2D eigenvalue weighted by Crippen LogP contribution is -2.27. The molecule has 1 aliphatic rings. The Hall–Kier alpha value is -2.96. The van der Waals surface area contributed by atoms with Gasteiger partial charge in [-0.05, 0) is 29.8 Å². The second-order valence-corrected chi connectivity index (χ2v) is 9.24. The van der Waals surface area contributed by atoms with E-state index in [2.05, 4.69) is 0 Å². The molecule has 2 aromatic rings. The minimum Gasteiger partial charge on any atom is -0.493 e. The third kappa shape index (κ3) is 4.78. The van der Waals surface area contributed by atoms with Gasteiger partial charge in [0.2, 0.25) is 0 Å². The quantitative estimate of drug-likeness (QED) is 0.208. The fourth-order valence-corrected chi connectivity index (χ4v) is 4.36. The molecule has 12 heteroatoms. The number of carbonyl (C=O) groups is 1. The Bertz CT molecular complexity index is 1190. The summed E-state index contributed by atoms with van der Waals surface area (Å²) < 4.78 is 33.0. The third-order valence-electron chi connectivity index (χ3n) is 3.82. The second kappa shape index (κ2) is 8.42. The fourth-order valence-electron chi connectivity index (χ4n) is 2.59. The number of amides is 1. The van der Waals surface area contributed by atoms with Crippen molar-refractivity contribution < 1.29 is 27.1 Å². The topological polar surface area (TPSA) is 116 Å². The molecule has 30 heavy (non-hydrogen) atoms. The number of methoxy groups -OCH3 is 1. The summed E-state index contributed by atoms with van der Waals surface area (Å²) in [7, 11) is -2.38. The number of nitro groups is 1. The van der Waals surface area contributed by atoms with Gasteiger partial charge in [0.05, 0.1) is 28.9 Å². The SMILES string of the molecule is COc1cc(/C=C2/SC(=S)N(c3cccc([N+](=O)[O-])c3)C2=O)ccc1OS(C)(=O)=O. The zero-order valence-corrected chi connectivity index (χ0v) is 18.0. The maximum absolute atomic E-state index is 12.9. The van der Waals surface area contributed by atoms with E-state index in [-0.39, 0.29) is 21.5 Å². The molecule has 0 aliphatic carbocycles. The van der Waals surface area contributed by atoms with Crippen LogP contribution in [0.3, 0.4) is 0 Å². The number of nitrogens with zero attached hydrogens (tertiary/aromatic N) is 2. The number of thioether (sulfide) groups is 1. The molecule has 0 radical (unpaired) electrons. The molecular weight excluding hydrogens is 452 g/mol. The normalized spacial score (nSPS) is 15.5. The Balaban J connectivity index is 1.92. The number of hydrogen-bond acceptors (Lipinski definition) is 9. The summed E-state index contributed by atoms with van der Waals surface area (Å²) in [5.74, 6) is -0.245. The number of ether oxygens (including phenoxy) is 1. The number of hydrogen-bond donors (Lipinski definition) is 0. The van der Waals surface area contributed by atoms with Gasteiger partial charge in [-0.15, -0.1) is 0 Å². The molecule has 9 nitrogen and oxygen atoms in total. The lowest BCUT2D eigenvalue weighted by Gasteiger charge is -2.14. The largest absolute Gasteiger partial charge is 0.493 e. The van der Waals surface area contributed by atoms with Crippen molar-refractivity contribution in [1.29, 1.82) is 0 Å². The molecule has 1 amide bonds. The van der Waals surface area contributed by atoms with E-state index in [4.69, 9.17) is 21.1 Å². The first-order valence-electron chi connectivity index (χ1n) is 8.19. The van der Waals surface area contributed by atoms with Gasteiger partial charge in [0.1, 0.15) is 0 Å². The Morgan fingerprint density at radius 3 is 2.57 bits per heavy atom. The van der Waals surface area contributed by atoms with Crippen LogP contribution in [-0.4, -0.2) is 36.9 Å². The Labute approximate surface area is 181 Å². The molecular formula is C18H14N2O7S3. The first kappa shape index (κ1) is 21.7. The predicted octanol–water partition coefficient (Wildman–Crippen LogP) is 3.35. The zero-order chi connectivity index (χ0) is 22.1. The van der Waals surface area contributed by atoms with E-state index >= 15 is 0 Å². The maximum Gasteiger partial charge on any atom is 0.306 e. The van der Waals surface area contributed by atoms with E-state index in [9.17, 15) is 23.3 Å². The van der Waals surface area contributed by atoms with E-state index in [0.29, 0.717) is 16.2 Å². The van der Waals surface area contributed by atoms with Gasteiger partial charge in [-0.3, -0.25) is 19.8 Å². The minimum atomic E-state index is -3.73. The highest BCUT2D eigenvalue weighted by molar-refractivity contribution is 8.27. The fraction of sp³-hybridized carbons (Fsp3) is 0.111. The van der Waals surface area contributed by atoms with Gasteiger partial charge in [-0.1, -0.05) is 36.1 Å². The Morgan fingerprint density at radius 2 is 1.93 bits per heavy atom.